The summed E-state index contributed by atoms with van der Waals surface area (Å²) < 4.78 is 0. The maximum Gasteiger partial charge on any atom is 0.307 e. The average Bonchev–Trinajstić information content (AvgIpc) is 2.92. The molecule has 124 valence electrons. The molecule has 0 aliphatic heterocycles. The highest BCUT2D eigenvalue weighted by Gasteiger charge is 2.20. The number of hydrogen-bond acceptors (Lipinski definition) is 1. The maximum atomic E-state index is 11.3. The van der Waals surface area contributed by atoms with E-state index >= 15 is 0 Å². The molecule has 0 aliphatic carbocycles. The molecule has 3 rings (SSSR count). The largest absolute Gasteiger partial charge is 0.481 e. The molecule has 2 N–H and O–H groups in total. The summed E-state index contributed by atoms with van der Waals surface area (Å²) in [6.07, 6.45) is 1.83. The third kappa shape index (κ3) is 3.46. The lowest BCUT2D eigenvalue weighted by Crippen LogP contribution is -2.08. The first kappa shape index (κ1) is 16.6. The molecule has 0 amide bonds. The first-order valence-corrected chi connectivity index (χ1v) is 8.52. The van der Waals surface area contributed by atoms with Gasteiger partial charge >= 0.3 is 5.97 Å². The van der Waals surface area contributed by atoms with Gasteiger partial charge in [-0.1, -0.05) is 48.9 Å². The number of para-hydroxylation sites is 1. The lowest BCUT2D eigenvalue weighted by molar-refractivity contribution is -0.136. The number of hydrogen-bond donors (Lipinski definition) is 2. The van der Waals surface area contributed by atoms with E-state index in [1.54, 1.807) is 0 Å². The van der Waals surface area contributed by atoms with E-state index in [-0.39, 0.29) is 12.3 Å². The molecule has 0 spiro atoms. The van der Waals surface area contributed by atoms with Crippen LogP contribution in [-0.2, 0) is 17.6 Å². The maximum absolute atomic E-state index is 11.3. The summed E-state index contributed by atoms with van der Waals surface area (Å²) in [6.45, 7) is 2.14. The minimum Gasteiger partial charge on any atom is -0.481 e. The number of carboxylic acids is 1. The summed E-state index contributed by atoms with van der Waals surface area (Å²) in [4.78, 5) is 14.8. The van der Waals surface area contributed by atoms with Crippen LogP contribution in [-0.4, -0.2) is 16.1 Å². The van der Waals surface area contributed by atoms with E-state index in [0.29, 0.717) is 0 Å². The number of benzene rings is 2. The molecule has 1 unspecified atom stereocenters. The Labute approximate surface area is 146 Å². The van der Waals surface area contributed by atoms with Gasteiger partial charge in [0.1, 0.15) is 0 Å². The molecule has 0 saturated heterocycles. The zero-order valence-corrected chi connectivity index (χ0v) is 14.3. The van der Waals surface area contributed by atoms with Crippen LogP contribution in [0.2, 0.25) is 5.02 Å². The Bertz CT molecular complexity index is 852. The minimum atomic E-state index is -0.803. The van der Waals surface area contributed by atoms with Crippen LogP contribution in [0.5, 0.6) is 0 Å². The monoisotopic (exact) mass is 341 g/mol. The summed E-state index contributed by atoms with van der Waals surface area (Å²) in [6, 6.07) is 15.8. The number of rotatable bonds is 6. The fourth-order valence-corrected chi connectivity index (χ4v) is 3.39. The number of halogens is 1. The summed E-state index contributed by atoms with van der Waals surface area (Å²) in [5.74, 6) is -0.560. The van der Waals surface area contributed by atoms with Gasteiger partial charge < -0.3 is 10.1 Å². The number of aliphatic carboxylic acids is 1. The Morgan fingerprint density at radius 3 is 2.54 bits per heavy atom. The van der Waals surface area contributed by atoms with Gasteiger partial charge in [0, 0.05) is 27.5 Å². The van der Waals surface area contributed by atoms with Gasteiger partial charge in [-0.15, -0.1) is 0 Å². The number of carbonyl (C=O) groups is 1. The molecule has 0 radical (unpaired) electrons. The van der Waals surface area contributed by atoms with Crippen molar-refractivity contribution in [2.45, 2.75) is 32.1 Å². The Morgan fingerprint density at radius 2 is 1.88 bits per heavy atom. The van der Waals surface area contributed by atoms with Gasteiger partial charge in [-0.3, -0.25) is 4.79 Å². The summed E-state index contributed by atoms with van der Waals surface area (Å²) in [7, 11) is 0. The summed E-state index contributed by atoms with van der Waals surface area (Å²) in [5.41, 5.74) is 4.14. The van der Waals surface area contributed by atoms with Crippen LogP contribution in [0, 0.1) is 0 Å². The first-order valence-electron chi connectivity index (χ1n) is 8.14. The fourth-order valence-electron chi connectivity index (χ4n) is 3.27. The number of fused-ring (bicyclic) bond motifs is 1. The Hall–Kier alpha value is -2.26. The number of carboxylic acid groups (broad SMARTS) is 1. The SMILES string of the molecule is CCC(Cc1ccc(Cl)cc1)c1[nH]c2ccccc2c1CC(=O)O. The van der Waals surface area contributed by atoms with Gasteiger partial charge in [0.2, 0.25) is 0 Å². The summed E-state index contributed by atoms with van der Waals surface area (Å²) in [5, 5.41) is 11.0. The van der Waals surface area contributed by atoms with E-state index in [0.717, 1.165) is 40.0 Å². The lowest BCUT2D eigenvalue weighted by atomic mass is 9.90. The normalized spacial score (nSPS) is 12.4. The average molecular weight is 342 g/mol. The predicted octanol–water partition coefficient (Wildman–Crippen LogP) is 5.18. The van der Waals surface area contributed by atoms with Gasteiger partial charge in [-0.05, 0) is 42.2 Å². The lowest BCUT2D eigenvalue weighted by Gasteiger charge is -2.16. The third-order valence-corrected chi connectivity index (χ3v) is 4.72. The molecular formula is C20H20ClNO2. The zero-order chi connectivity index (χ0) is 17.1. The van der Waals surface area contributed by atoms with Crippen molar-refractivity contribution < 1.29 is 9.90 Å². The minimum absolute atomic E-state index is 0.0382. The van der Waals surface area contributed by atoms with Gasteiger partial charge in [0.05, 0.1) is 6.42 Å². The van der Waals surface area contributed by atoms with Gasteiger partial charge in [-0.2, -0.15) is 0 Å². The van der Waals surface area contributed by atoms with E-state index in [9.17, 15) is 9.90 Å². The van der Waals surface area contributed by atoms with Crippen molar-refractivity contribution in [2.75, 3.05) is 0 Å². The molecule has 0 fully saturated rings. The van der Waals surface area contributed by atoms with Crippen molar-refractivity contribution in [2.24, 2.45) is 0 Å². The standard InChI is InChI=1S/C20H20ClNO2/c1-2-14(11-13-7-9-15(21)10-8-13)20-17(12-19(23)24)16-5-3-4-6-18(16)22-20/h3-10,14,22H,2,11-12H2,1H3,(H,23,24). The van der Waals surface area contributed by atoms with Crippen molar-refractivity contribution >= 4 is 28.5 Å². The van der Waals surface area contributed by atoms with Crippen LogP contribution in [0.1, 0.15) is 36.1 Å². The second-order valence-corrected chi connectivity index (χ2v) is 6.51. The quantitative estimate of drug-likeness (QED) is 0.648. The molecule has 1 aromatic heterocycles. The second-order valence-electron chi connectivity index (χ2n) is 6.07. The van der Waals surface area contributed by atoms with Gasteiger partial charge in [-0.25, -0.2) is 0 Å². The van der Waals surface area contributed by atoms with Crippen LogP contribution in [0.15, 0.2) is 48.5 Å². The van der Waals surface area contributed by atoms with Crippen LogP contribution < -0.4 is 0 Å². The topological polar surface area (TPSA) is 53.1 Å². The van der Waals surface area contributed by atoms with Gasteiger partial charge in [0.15, 0.2) is 0 Å². The van der Waals surface area contributed by atoms with Crippen LogP contribution >= 0.6 is 11.6 Å². The molecule has 1 heterocycles. The van der Waals surface area contributed by atoms with E-state index in [1.807, 2.05) is 48.5 Å². The highest BCUT2D eigenvalue weighted by Crippen LogP contribution is 2.32. The number of nitrogens with one attached hydrogen (secondary N) is 1. The van der Waals surface area contributed by atoms with E-state index < -0.39 is 5.97 Å². The fraction of sp³-hybridized carbons (Fsp3) is 0.250. The van der Waals surface area contributed by atoms with Crippen molar-refractivity contribution in [3.05, 3.63) is 70.4 Å². The highest BCUT2D eigenvalue weighted by atomic mass is 35.5. The van der Waals surface area contributed by atoms with Crippen molar-refractivity contribution in [1.82, 2.24) is 4.98 Å². The molecule has 0 saturated carbocycles. The van der Waals surface area contributed by atoms with Crippen LogP contribution in [0.3, 0.4) is 0 Å². The molecular weight excluding hydrogens is 322 g/mol. The Morgan fingerprint density at radius 1 is 1.17 bits per heavy atom. The Kier molecular flexibility index (Phi) is 4.91. The van der Waals surface area contributed by atoms with Crippen molar-refractivity contribution in [3.63, 3.8) is 0 Å². The van der Waals surface area contributed by atoms with Crippen LogP contribution in [0.25, 0.3) is 10.9 Å². The Balaban J connectivity index is 2.01. The molecule has 2 aromatic carbocycles. The van der Waals surface area contributed by atoms with Gasteiger partial charge in [0.25, 0.3) is 0 Å². The highest BCUT2D eigenvalue weighted by molar-refractivity contribution is 6.30. The third-order valence-electron chi connectivity index (χ3n) is 4.47. The molecule has 0 aliphatic rings. The number of aromatic nitrogens is 1. The van der Waals surface area contributed by atoms with Crippen molar-refractivity contribution in [1.29, 1.82) is 0 Å². The van der Waals surface area contributed by atoms with Crippen molar-refractivity contribution in [3.8, 4) is 0 Å². The second kappa shape index (κ2) is 7.10. The molecule has 24 heavy (non-hydrogen) atoms. The number of H-pyrrole nitrogens is 1. The van der Waals surface area contributed by atoms with E-state index in [2.05, 4.69) is 11.9 Å². The van der Waals surface area contributed by atoms with Crippen LogP contribution in [0.4, 0.5) is 0 Å². The zero-order valence-electron chi connectivity index (χ0n) is 13.6. The van der Waals surface area contributed by atoms with E-state index in [1.165, 1.54) is 5.56 Å². The molecule has 3 aromatic rings. The smallest absolute Gasteiger partial charge is 0.307 e. The molecule has 1 atom stereocenters. The first-order chi connectivity index (χ1) is 11.6. The molecule has 0 bridgehead atoms. The van der Waals surface area contributed by atoms with E-state index in [4.69, 9.17) is 11.6 Å². The predicted molar refractivity (Wildman–Crippen MR) is 97.8 cm³/mol. The summed E-state index contributed by atoms with van der Waals surface area (Å²) >= 11 is 5.96. The molecule has 3 nitrogen and oxygen atoms in total. The number of aromatic amines is 1. The molecule has 4 heteroatoms.